The third kappa shape index (κ3) is 12.1. The normalized spacial score (nSPS) is 24.0. The molecule has 4 atom stereocenters. The minimum Gasteiger partial charge on any atom is -0.376 e. The van der Waals surface area contributed by atoms with Crippen molar-refractivity contribution in [3.63, 3.8) is 0 Å². The van der Waals surface area contributed by atoms with Crippen molar-refractivity contribution in [1.29, 1.82) is 0 Å². The van der Waals surface area contributed by atoms with Gasteiger partial charge in [-0.15, -0.1) is 36.6 Å². The lowest BCUT2D eigenvalue weighted by atomic mass is 9.90. The lowest BCUT2D eigenvalue weighted by Gasteiger charge is -2.38. The first-order chi connectivity index (χ1) is 24.1. The smallest absolute Gasteiger partial charge is 0.148 e. The molecule has 0 aromatic heterocycles. The van der Waals surface area contributed by atoms with E-state index in [1.54, 1.807) is 0 Å². The Kier molecular flexibility index (Phi) is 18.4. The van der Waals surface area contributed by atoms with E-state index in [-0.39, 0.29) is 36.8 Å². The van der Waals surface area contributed by atoms with Crippen LogP contribution in [0, 0.1) is 0 Å². The Morgan fingerprint density at radius 3 is 1.82 bits per heavy atom. The summed E-state index contributed by atoms with van der Waals surface area (Å²) in [5, 5.41) is 1.49. The molecule has 10 heteroatoms. The molecule has 0 radical (unpaired) electrons. The van der Waals surface area contributed by atoms with E-state index in [0.717, 1.165) is 41.4 Å². The van der Waals surface area contributed by atoms with Gasteiger partial charge in [-0.25, -0.2) is 0 Å². The summed E-state index contributed by atoms with van der Waals surface area (Å²) in [6.45, 7) is 4.13. The molecule has 3 aromatic carbocycles. The van der Waals surface area contributed by atoms with E-state index >= 15 is 0 Å². The maximum atomic E-state index is 11.8. The molecule has 0 amide bonds. The third-order valence-corrected chi connectivity index (χ3v) is 12.4. The summed E-state index contributed by atoms with van der Waals surface area (Å²) in [5.41, 5.74) is 3.61. The first-order valence-electron chi connectivity index (χ1n) is 18.4. The van der Waals surface area contributed by atoms with Crippen LogP contribution in [-0.4, -0.2) is 84.4 Å². The second-order valence-electron chi connectivity index (χ2n) is 13.9. The maximum Gasteiger partial charge on any atom is 0.148 e. The fourth-order valence-electron chi connectivity index (χ4n) is 8.06. The van der Waals surface area contributed by atoms with Gasteiger partial charge in [0.1, 0.15) is 5.78 Å². The zero-order valence-corrected chi connectivity index (χ0v) is 33.5. The quantitative estimate of drug-likeness (QED) is 0.193. The number of ether oxygens (including phenoxy) is 2. The van der Waals surface area contributed by atoms with Crippen LogP contribution >= 0.6 is 59.8 Å². The summed E-state index contributed by atoms with van der Waals surface area (Å²) < 4.78 is 12.8. The predicted molar refractivity (Wildman–Crippen MR) is 219 cm³/mol. The van der Waals surface area contributed by atoms with Crippen molar-refractivity contribution in [2.45, 2.75) is 94.4 Å². The minimum atomic E-state index is 0. The van der Waals surface area contributed by atoms with E-state index in [2.05, 4.69) is 70.5 Å². The molecule has 2 heterocycles. The van der Waals surface area contributed by atoms with Gasteiger partial charge in [0.05, 0.1) is 32.0 Å². The molecule has 7 rings (SSSR count). The Bertz CT molecular complexity index is 1390. The molecule has 2 saturated carbocycles. The number of benzene rings is 3. The SMILES string of the molecule is Cl.Cl.Clc1cccc(Cl)c1CCOC1CCCC[C@H]1N1CCSC1.O=C1CCN(C2CCCC[C@@H]2OCC(c2ccccc2)c2ccccc2)C1. The molecule has 5 nitrogen and oxygen atoms in total. The molecular formula is C41H54Cl4N2O3S. The standard InChI is InChI=1S/C24H29NO2.C17H23Cl2NOS.2ClH/c26-21-15-16-25(17-21)23-13-7-8-14-24(23)27-18-22(19-9-3-1-4-10-19)20-11-5-2-6-12-20;18-14-4-3-5-15(19)13(14)8-10-21-17-7-2-1-6-16(17)20-9-11-22-12-20;;/h1-6,9-12,22-24H,7-8,13-18H2;3-5,16-17H,1-2,6-12H2;2*1H/t23?,24-;16-,17?;;/m01../s1. The highest BCUT2D eigenvalue weighted by Gasteiger charge is 2.35. The van der Waals surface area contributed by atoms with Crippen molar-refractivity contribution >= 4 is 65.6 Å². The minimum absolute atomic E-state index is 0. The van der Waals surface area contributed by atoms with Crippen molar-refractivity contribution in [2.75, 3.05) is 44.5 Å². The fraction of sp³-hybridized carbons (Fsp3) is 0.537. The summed E-state index contributed by atoms with van der Waals surface area (Å²) in [6, 6.07) is 28.0. The van der Waals surface area contributed by atoms with Gasteiger partial charge in [-0.1, -0.05) is 116 Å². The Labute approximate surface area is 332 Å². The lowest BCUT2D eigenvalue weighted by Crippen LogP contribution is -2.46. The number of hydrogen-bond acceptors (Lipinski definition) is 6. The molecule has 0 N–H and O–H groups in total. The number of Topliss-reactive ketones (excluding diaryl/α,β-unsaturated/α-hetero) is 1. The zero-order valence-electron chi connectivity index (χ0n) is 29.5. The molecule has 3 aromatic rings. The average molecular weight is 797 g/mol. The Morgan fingerprint density at radius 1 is 0.706 bits per heavy atom. The summed E-state index contributed by atoms with van der Waals surface area (Å²) in [7, 11) is 0. The summed E-state index contributed by atoms with van der Waals surface area (Å²) in [4.78, 5) is 16.7. The van der Waals surface area contributed by atoms with Crippen molar-refractivity contribution in [3.05, 3.63) is 106 Å². The van der Waals surface area contributed by atoms with Gasteiger partial charge in [0.25, 0.3) is 0 Å². The van der Waals surface area contributed by atoms with Crippen LogP contribution < -0.4 is 0 Å². The van der Waals surface area contributed by atoms with Gasteiger partial charge in [0.2, 0.25) is 0 Å². The van der Waals surface area contributed by atoms with E-state index in [0.29, 0.717) is 50.2 Å². The Balaban J connectivity index is 0.000000224. The molecule has 280 valence electrons. The first-order valence-corrected chi connectivity index (χ1v) is 20.3. The summed E-state index contributed by atoms with van der Waals surface area (Å²) in [5.74, 6) is 3.06. The highest BCUT2D eigenvalue weighted by Crippen LogP contribution is 2.32. The largest absolute Gasteiger partial charge is 0.376 e. The van der Waals surface area contributed by atoms with Crippen LogP contribution in [0.4, 0.5) is 0 Å². The first kappa shape index (κ1) is 42.4. The van der Waals surface area contributed by atoms with Crippen LogP contribution in [0.5, 0.6) is 0 Å². The maximum absolute atomic E-state index is 11.8. The van der Waals surface area contributed by atoms with Crippen molar-refractivity contribution in [2.24, 2.45) is 0 Å². The molecule has 2 saturated heterocycles. The van der Waals surface area contributed by atoms with Crippen LogP contribution in [0.25, 0.3) is 0 Å². The van der Waals surface area contributed by atoms with Crippen molar-refractivity contribution in [3.8, 4) is 0 Å². The molecule has 2 unspecified atom stereocenters. The van der Waals surface area contributed by atoms with E-state index in [4.69, 9.17) is 32.7 Å². The van der Waals surface area contributed by atoms with Crippen molar-refractivity contribution in [1.82, 2.24) is 9.80 Å². The van der Waals surface area contributed by atoms with Gasteiger partial charge in [-0.3, -0.25) is 14.6 Å². The molecule has 0 bridgehead atoms. The number of likely N-dealkylation sites (tertiary alicyclic amines) is 1. The number of rotatable bonds is 11. The van der Waals surface area contributed by atoms with Crippen LogP contribution in [0.15, 0.2) is 78.9 Å². The highest BCUT2D eigenvalue weighted by molar-refractivity contribution is 7.99. The number of halogens is 4. The third-order valence-electron chi connectivity index (χ3n) is 10.7. The summed E-state index contributed by atoms with van der Waals surface area (Å²) >= 11 is 14.5. The zero-order chi connectivity index (χ0) is 33.8. The number of hydrogen-bond donors (Lipinski definition) is 0. The van der Waals surface area contributed by atoms with Crippen LogP contribution in [0.1, 0.15) is 80.4 Å². The second-order valence-corrected chi connectivity index (χ2v) is 15.8. The Hall–Kier alpha value is -1.32. The van der Waals surface area contributed by atoms with Gasteiger partial charge in [-0.2, -0.15) is 0 Å². The molecular weight excluding hydrogens is 742 g/mol. The summed E-state index contributed by atoms with van der Waals surface area (Å²) in [6.07, 6.45) is 11.9. The monoisotopic (exact) mass is 794 g/mol. The topological polar surface area (TPSA) is 42.0 Å². The van der Waals surface area contributed by atoms with E-state index in [1.165, 1.54) is 67.8 Å². The predicted octanol–water partition coefficient (Wildman–Crippen LogP) is 10.1. The van der Waals surface area contributed by atoms with E-state index in [9.17, 15) is 4.79 Å². The molecule has 4 fully saturated rings. The van der Waals surface area contributed by atoms with Gasteiger partial charge in [0, 0.05) is 59.2 Å². The van der Waals surface area contributed by atoms with Crippen LogP contribution in [0.3, 0.4) is 0 Å². The molecule has 0 spiro atoms. The van der Waals surface area contributed by atoms with E-state index in [1.807, 2.05) is 30.0 Å². The van der Waals surface area contributed by atoms with E-state index < -0.39 is 0 Å². The Morgan fingerprint density at radius 2 is 1.27 bits per heavy atom. The number of ketones is 1. The van der Waals surface area contributed by atoms with Crippen molar-refractivity contribution < 1.29 is 14.3 Å². The number of carbonyl (C=O) groups excluding carboxylic acids is 1. The molecule has 51 heavy (non-hydrogen) atoms. The second kappa shape index (κ2) is 22.2. The highest BCUT2D eigenvalue weighted by atomic mass is 35.5. The van der Waals surface area contributed by atoms with Gasteiger partial charge >= 0.3 is 0 Å². The molecule has 2 aliphatic carbocycles. The lowest BCUT2D eigenvalue weighted by molar-refractivity contribution is -0.117. The van der Waals surface area contributed by atoms with Gasteiger partial charge in [0.15, 0.2) is 0 Å². The number of nitrogens with zero attached hydrogens (tertiary/aromatic N) is 2. The fourth-order valence-corrected chi connectivity index (χ4v) is 9.70. The van der Waals surface area contributed by atoms with Crippen LogP contribution in [0.2, 0.25) is 10.0 Å². The van der Waals surface area contributed by atoms with Gasteiger partial charge in [-0.05, 0) is 60.9 Å². The van der Waals surface area contributed by atoms with Gasteiger partial charge < -0.3 is 9.47 Å². The number of thioether (sulfide) groups is 1. The average Bonchev–Trinajstić information content (AvgIpc) is 3.84. The molecule has 4 aliphatic rings. The molecule has 2 aliphatic heterocycles. The van der Waals surface area contributed by atoms with Crippen LogP contribution in [-0.2, 0) is 20.7 Å². The number of carbonyl (C=O) groups is 1.